The smallest absolute Gasteiger partial charge is 0.162 e. The molecule has 0 amide bonds. The number of aromatic nitrogens is 2. The normalized spacial score (nSPS) is 11.0. The van der Waals surface area contributed by atoms with Gasteiger partial charge >= 0.3 is 0 Å². The van der Waals surface area contributed by atoms with E-state index in [1.807, 2.05) is 41.1 Å². The van der Waals surface area contributed by atoms with E-state index in [4.69, 9.17) is 28.9 Å². The van der Waals surface area contributed by atoms with Gasteiger partial charge in [0.25, 0.3) is 0 Å². The molecule has 18 heavy (non-hydrogen) atoms. The van der Waals surface area contributed by atoms with Crippen molar-refractivity contribution in [2.24, 2.45) is 0 Å². The fourth-order valence-corrected chi connectivity index (χ4v) is 2.08. The molecule has 0 radical (unpaired) electrons. The summed E-state index contributed by atoms with van der Waals surface area (Å²) in [4.78, 5) is 4.48. The number of hydrogen-bond donors (Lipinski definition) is 1. The van der Waals surface area contributed by atoms with E-state index in [1.165, 1.54) is 0 Å². The van der Waals surface area contributed by atoms with Crippen molar-refractivity contribution in [2.75, 3.05) is 5.73 Å². The summed E-state index contributed by atoms with van der Waals surface area (Å²) in [6.45, 7) is 0. The zero-order chi connectivity index (χ0) is 12.7. The van der Waals surface area contributed by atoms with E-state index in [9.17, 15) is 0 Å². The molecule has 0 aliphatic rings. The second-order valence-electron chi connectivity index (χ2n) is 3.94. The van der Waals surface area contributed by atoms with Crippen molar-refractivity contribution in [1.82, 2.24) is 9.38 Å². The lowest BCUT2D eigenvalue weighted by molar-refractivity contribution is 1.19. The van der Waals surface area contributed by atoms with Gasteiger partial charge in [0.2, 0.25) is 0 Å². The Balaban J connectivity index is 2.19. The summed E-state index contributed by atoms with van der Waals surface area (Å²) in [7, 11) is 0. The molecule has 0 unspecified atom stereocenters. The number of nitrogen functional groups attached to an aromatic ring is 1. The summed E-state index contributed by atoms with van der Waals surface area (Å²) in [5.74, 6) is 0. The number of imidazole rings is 1. The molecule has 0 bridgehead atoms. The molecule has 0 atom stereocenters. The van der Waals surface area contributed by atoms with Gasteiger partial charge < -0.3 is 10.1 Å². The summed E-state index contributed by atoms with van der Waals surface area (Å²) in [5, 5.41) is 1.21. The van der Waals surface area contributed by atoms with Crippen LogP contribution in [0.4, 0.5) is 5.69 Å². The van der Waals surface area contributed by atoms with Gasteiger partial charge in [-0.25, -0.2) is 4.98 Å². The van der Waals surface area contributed by atoms with E-state index >= 15 is 0 Å². The Kier molecular flexibility index (Phi) is 2.65. The van der Waals surface area contributed by atoms with Gasteiger partial charge in [-0.15, -0.1) is 0 Å². The van der Waals surface area contributed by atoms with E-state index in [2.05, 4.69) is 4.98 Å². The number of benzene rings is 1. The molecule has 5 heteroatoms. The first-order valence-electron chi connectivity index (χ1n) is 5.34. The zero-order valence-corrected chi connectivity index (χ0v) is 10.8. The minimum atomic E-state index is 0.486. The first-order valence-corrected chi connectivity index (χ1v) is 6.09. The maximum absolute atomic E-state index is 5.97. The molecular weight excluding hydrogens is 269 g/mol. The van der Waals surface area contributed by atoms with Gasteiger partial charge in [-0.05, 0) is 18.2 Å². The van der Waals surface area contributed by atoms with Gasteiger partial charge in [-0.2, -0.15) is 0 Å². The topological polar surface area (TPSA) is 43.3 Å². The monoisotopic (exact) mass is 277 g/mol. The number of nitrogens with two attached hydrogens (primary N) is 1. The van der Waals surface area contributed by atoms with Crippen molar-refractivity contribution in [1.29, 1.82) is 0 Å². The van der Waals surface area contributed by atoms with Gasteiger partial charge in [0.15, 0.2) is 5.65 Å². The molecule has 0 aliphatic carbocycles. The molecule has 1 aromatic carbocycles. The number of nitrogens with zero attached hydrogens (tertiary/aromatic N) is 2. The van der Waals surface area contributed by atoms with E-state index in [0.717, 1.165) is 11.3 Å². The van der Waals surface area contributed by atoms with Crippen LogP contribution in [0.25, 0.3) is 16.9 Å². The second kappa shape index (κ2) is 4.19. The highest BCUT2D eigenvalue weighted by Crippen LogP contribution is 2.27. The van der Waals surface area contributed by atoms with Crippen LogP contribution in [-0.2, 0) is 0 Å². The number of hydrogen-bond acceptors (Lipinski definition) is 2. The zero-order valence-electron chi connectivity index (χ0n) is 9.27. The molecular formula is C13H9Cl2N3. The van der Waals surface area contributed by atoms with Crippen LogP contribution in [0.1, 0.15) is 0 Å². The molecule has 2 N–H and O–H groups in total. The summed E-state index contributed by atoms with van der Waals surface area (Å²) >= 11 is 11.8. The van der Waals surface area contributed by atoms with Crippen LogP contribution in [0.15, 0.2) is 42.7 Å². The van der Waals surface area contributed by atoms with Crippen LogP contribution < -0.4 is 5.73 Å². The standard InChI is InChI=1S/C13H9Cl2N3/c14-9-3-1-8(2-4-9)11-7-18-6-5-10(15)12(16)13(18)17-11/h1-7H,16H2. The van der Waals surface area contributed by atoms with E-state index < -0.39 is 0 Å². The Labute approximate surface area is 114 Å². The van der Waals surface area contributed by atoms with Gasteiger partial charge in [0.1, 0.15) is 0 Å². The third kappa shape index (κ3) is 1.82. The minimum absolute atomic E-state index is 0.486. The maximum Gasteiger partial charge on any atom is 0.162 e. The lowest BCUT2D eigenvalue weighted by atomic mass is 10.2. The highest BCUT2D eigenvalue weighted by molar-refractivity contribution is 6.33. The molecule has 3 rings (SSSR count). The molecule has 0 saturated heterocycles. The average molecular weight is 278 g/mol. The van der Waals surface area contributed by atoms with E-state index in [0.29, 0.717) is 21.4 Å². The minimum Gasteiger partial charge on any atom is -0.394 e. The lowest BCUT2D eigenvalue weighted by Crippen LogP contribution is -1.92. The molecule has 0 saturated carbocycles. The Morgan fingerprint density at radius 1 is 1.06 bits per heavy atom. The fourth-order valence-electron chi connectivity index (χ4n) is 1.81. The van der Waals surface area contributed by atoms with Crippen LogP contribution >= 0.6 is 23.2 Å². The lowest BCUT2D eigenvalue weighted by Gasteiger charge is -1.98. The second-order valence-corrected chi connectivity index (χ2v) is 4.78. The molecule has 0 spiro atoms. The summed E-state index contributed by atoms with van der Waals surface area (Å²) in [6.07, 6.45) is 3.74. The van der Waals surface area contributed by atoms with Crippen molar-refractivity contribution < 1.29 is 0 Å². The van der Waals surface area contributed by atoms with Crippen LogP contribution in [0, 0.1) is 0 Å². The first kappa shape index (κ1) is 11.4. The van der Waals surface area contributed by atoms with Crippen LogP contribution in [0.3, 0.4) is 0 Å². The average Bonchev–Trinajstić information content (AvgIpc) is 2.80. The van der Waals surface area contributed by atoms with Crippen molar-refractivity contribution in [3.05, 3.63) is 52.8 Å². The van der Waals surface area contributed by atoms with Gasteiger partial charge in [-0.3, -0.25) is 0 Å². The maximum atomic E-state index is 5.97. The molecule has 3 aromatic rings. The Hall–Kier alpha value is -1.71. The van der Waals surface area contributed by atoms with Gasteiger partial charge in [-0.1, -0.05) is 35.3 Å². The quantitative estimate of drug-likeness (QED) is 0.733. The highest BCUT2D eigenvalue weighted by Gasteiger charge is 2.08. The fraction of sp³-hybridized carbons (Fsp3) is 0. The number of pyridine rings is 1. The predicted octanol–water partition coefficient (Wildman–Crippen LogP) is 3.89. The first-order chi connectivity index (χ1) is 8.65. The Morgan fingerprint density at radius 3 is 2.50 bits per heavy atom. The molecule has 0 aliphatic heterocycles. The summed E-state index contributed by atoms with van der Waals surface area (Å²) < 4.78 is 1.85. The van der Waals surface area contributed by atoms with Gasteiger partial charge in [0.05, 0.1) is 16.4 Å². The van der Waals surface area contributed by atoms with Crippen LogP contribution in [-0.4, -0.2) is 9.38 Å². The SMILES string of the molecule is Nc1c(Cl)ccn2cc(-c3ccc(Cl)cc3)nc12. The number of rotatable bonds is 1. The molecule has 2 aromatic heterocycles. The Bertz CT molecular complexity index is 717. The largest absolute Gasteiger partial charge is 0.394 e. The van der Waals surface area contributed by atoms with Crippen LogP contribution in [0.2, 0.25) is 10.0 Å². The molecule has 2 heterocycles. The van der Waals surface area contributed by atoms with Crippen molar-refractivity contribution in [3.8, 4) is 11.3 Å². The van der Waals surface area contributed by atoms with Crippen molar-refractivity contribution >= 4 is 34.5 Å². The Morgan fingerprint density at radius 2 is 1.78 bits per heavy atom. The summed E-state index contributed by atoms with van der Waals surface area (Å²) in [6, 6.07) is 9.25. The van der Waals surface area contributed by atoms with E-state index in [-0.39, 0.29) is 0 Å². The third-order valence-electron chi connectivity index (χ3n) is 2.75. The molecule has 90 valence electrons. The predicted molar refractivity (Wildman–Crippen MR) is 75.1 cm³/mol. The summed E-state index contributed by atoms with van der Waals surface area (Å²) in [5.41, 5.74) is 8.86. The number of anilines is 1. The van der Waals surface area contributed by atoms with Gasteiger partial charge in [0, 0.05) is 23.0 Å². The van der Waals surface area contributed by atoms with Crippen molar-refractivity contribution in [2.45, 2.75) is 0 Å². The molecule has 3 nitrogen and oxygen atoms in total. The van der Waals surface area contributed by atoms with Crippen molar-refractivity contribution in [3.63, 3.8) is 0 Å². The third-order valence-corrected chi connectivity index (χ3v) is 3.33. The highest BCUT2D eigenvalue weighted by atomic mass is 35.5. The van der Waals surface area contributed by atoms with E-state index in [1.54, 1.807) is 6.07 Å². The number of halogens is 2. The van der Waals surface area contributed by atoms with Crippen LogP contribution in [0.5, 0.6) is 0 Å². The molecule has 0 fully saturated rings. The number of fused-ring (bicyclic) bond motifs is 1.